The second-order valence-electron chi connectivity index (χ2n) is 8.10. The van der Waals surface area contributed by atoms with Crippen molar-refractivity contribution in [2.75, 3.05) is 20.3 Å². The number of aliphatic hydroxyl groups excluding tert-OH is 1. The first-order valence-electron chi connectivity index (χ1n) is 10.9. The zero-order chi connectivity index (χ0) is 23.5. The van der Waals surface area contributed by atoms with Crippen LogP contribution in [0.5, 0.6) is 0 Å². The van der Waals surface area contributed by atoms with Gasteiger partial charge < -0.3 is 24.6 Å². The second kappa shape index (κ2) is 9.72. The first kappa shape index (κ1) is 22.9. The highest BCUT2D eigenvalue weighted by atomic mass is 32.1. The number of aryl methyl sites for hydroxylation is 1. The summed E-state index contributed by atoms with van der Waals surface area (Å²) >= 11 is 5.69. The Bertz CT molecular complexity index is 1140. The van der Waals surface area contributed by atoms with E-state index >= 15 is 0 Å². The molecule has 1 aromatic carbocycles. The van der Waals surface area contributed by atoms with Gasteiger partial charge in [-0.1, -0.05) is 6.07 Å². The van der Waals surface area contributed by atoms with Crippen LogP contribution in [0.25, 0.3) is 5.69 Å². The van der Waals surface area contributed by atoms with Gasteiger partial charge in [-0.3, -0.25) is 4.98 Å². The number of nitrogens with zero attached hydrogens (tertiary/aromatic N) is 3. The Balaban J connectivity index is 1.77. The van der Waals surface area contributed by atoms with Crippen LogP contribution in [0, 0.1) is 13.8 Å². The number of rotatable bonds is 7. The summed E-state index contributed by atoms with van der Waals surface area (Å²) in [5.74, 6) is -0.355. The molecule has 2 N–H and O–H groups in total. The van der Waals surface area contributed by atoms with Crippen LogP contribution >= 0.6 is 12.2 Å². The van der Waals surface area contributed by atoms with Gasteiger partial charge in [-0.05, 0) is 80.5 Å². The Kier molecular flexibility index (Phi) is 6.76. The van der Waals surface area contributed by atoms with E-state index in [2.05, 4.69) is 39.7 Å². The summed E-state index contributed by atoms with van der Waals surface area (Å²) in [5.41, 5.74) is 5.71. The Hall–Kier alpha value is -3.23. The number of carbonyl (C=O) groups excluding carboxylic acids is 1. The summed E-state index contributed by atoms with van der Waals surface area (Å²) in [5, 5.41) is 13.6. The van der Waals surface area contributed by atoms with Gasteiger partial charge in [0.25, 0.3) is 0 Å². The largest absolute Gasteiger partial charge is 0.465 e. The number of pyridine rings is 1. The van der Waals surface area contributed by atoms with Crippen molar-refractivity contribution in [3.63, 3.8) is 0 Å². The van der Waals surface area contributed by atoms with Crippen molar-refractivity contribution in [2.45, 2.75) is 32.4 Å². The van der Waals surface area contributed by atoms with E-state index < -0.39 is 0 Å². The number of aromatic nitrogens is 2. The molecule has 8 heteroatoms. The van der Waals surface area contributed by atoms with E-state index in [1.807, 2.05) is 30.3 Å². The van der Waals surface area contributed by atoms with Gasteiger partial charge >= 0.3 is 5.97 Å². The van der Waals surface area contributed by atoms with Crippen LogP contribution in [0.4, 0.5) is 0 Å². The molecule has 0 spiro atoms. The van der Waals surface area contributed by atoms with E-state index in [0.29, 0.717) is 23.6 Å². The molecule has 4 rings (SSSR count). The lowest BCUT2D eigenvalue weighted by Crippen LogP contribution is -2.31. The van der Waals surface area contributed by atoms with Crippen LogP contribution in [0.1, 0.15) is 51.5 Å². The normalized spacial score (nSPS) is 17.8. The van der Waals surface area contributed by atoms with Crippen molar-refractivity contribution in [3.8, 4) is 5.69 Å². The Morgan fingerprint density at radius 2 is 1.97 bits per heavy atom. The van der Waals surface area contributed by atoms with Gasteiger partial charge in [0.15, 0.2) is 5.11 Å². The molecule has 7 nitrogen and oxygen atoms in total. The fourth-order valence-corrected chi connectivity index (χ4v) is 4.91. The first-order valence-corrected chi connectivity index (χ1v) is 11.3. The van der Waals surface area contributed by atoms with Gasteiger partial charge in [0.05, 0.1) is 30.5 Å². The minimum Gasteiger partial charge on any atom is -0.465 e. The molecule has 3 heterocycles. The van der Waals surface area contributed by atoms with Crippen LogP contribution < -0.4 is 5.32 Å². The lowest BCUT2D eigenvalue weighted by molar-refractivity contribution is 0.0600. The van der Waals surface area contributed by atoms with Crippen molar-refractivity contribution in [2.24, 2.45) is 0 Å². The van der Waals surface area contributed by atoms with Crippen LogP contribution in [-0.2, 0) is 4.74 Å². The van der Waals surface area contributed by atoms with Gasteiger partial charge in [0.2, 0.25) is 0 Å². The van der Waals surface area contributed by atoms with Gasteiger partial charge in [0, 0.05) is 36.4 Å². The fourth-order valence-electron chi connectivity index (χ4n) is 4.57. The minimum atomic E-state index is -0.355. The van der Waals surface area contributed by atoms with Gasteiger partial charge in [-0.15, -0.1) is 0 Å². The highest BCUT2D eigenvalue weighted by Gasteiger charge is 2.41. The Morgan fingerprint density at radius 3 is 2.61 bits per heavy atom. The van der Waals surface area contributed by atoms with E-state index in [4.69, 9.17) is 17.0 Å². The number of thiocarbonyl (C=S) groups is 1. The maximum absolute atomic E-state index is 11.8. The maximum Gasteiger partial charge on any atom is 0.337 e. The van der Waals surface area contributed by atoms with E-state index in [1.54, 1.807) is 18.3 Å². The molecule has 0 saturated carbocycles. The van der Waals surface area contributed by atoms with Gasteiger partial charge in [0.1, 0.15) is 0 Å². The lowest BCUT2D eigenvalue weighted by atomic mass is 9.96. The molecule has 1 aliphatic heterocycles. The molecule has 0 radical (unpaired) electrons. The first-order chi connectivity index (χ1) is 16.0. The third kappa shape index (κ3) is 4.36. The van der Waals surface area contributed by atoms with Crippen LogP contribution in [-0.4, -0.2) is 50.9 Å². The Morgan fingerprint density at radius 1 is 1.21 bits per heavy atom. The molecule has 1 saturated heterocycles. The summed E-state index contributed by atoms with van der Waals surface area (Å²) in [6.07, 6.45) is 2.42. The average Bonchev–Trinajstić information content (AvgIpc) is 3.32. The summed E-state index contributed by atoms with van der Waals surface area (Å²) in [6.45, 7) is 4.91. The molecule has 0 amide bonds. The van der Waals surface area contributed by atoms with E-state index in [9.17, 15) is 9.90 Å². The van der Waals surface area contributed by atoms with Crippen molar-refractivity contribution in [3.05, 3.63) is 82.9 Å². The fraction of sp³-hybridized carbons (Fsp3) is 0.320. The maximum atomic E-state index is 11.8. The predicted octanol–water partition coefficient (Wildman–Crippen LogP) is 3.63. The van der Waals surface area contributed by atoms with Crippen molar-refractivity contribution in [1.29, 1.82) is 0 Å². The highest BCUT2D eigenvalue weighted by Crippen LogP contribution is 2.41. The standard InChI is InChI=1S/C25H28N4O3S/c1-16-15-20(17(2)29(16)19-10-8-18(9-11-19)24(31)32-3)23-22(21-7-4-5-12-26-21)27-25(33)28(23)13-6-14-30/h4-5,7-12,15,22-23,30H,6,13-14H2,1-3H3,(H,27,33)/t22-,23-/m0/s1. The third-order valence-corrected chi connectivity index (χ3v) is 6.44. The number of hydrogen-bond donors (Lipinski definition) is 2. The second-order valence-corrected chi connectivity index (χ2v) is 8.48. The minimum absolute atomic E-state index is 0.0618. The molecular formula is C25H28N4O3S. The van der Waals surface area contributed by atoms with Crippen molar-refractivity contribution >= 4 is 23.3 Å². The quantitative estimate of drug-likeness (QED) is 0.408. The molecule has 172 valence electrons. The highest BCUT2D eigenvalue weighted by molar-refractivity contribution is 7.80. The zero-order valence-electron chi connectivity index (χ0n) is 19.0. The van der Waals surface area contributed by atoms with Crippen molar-refractivity contribution < 1.29 is 14.6 Å². The average molecular weight is 465 g/mol. The van der Waals surface area contributed by atoms with E-state index in [1.165, 1.54) is 7.11 Å². The summed E-state index contributed by atoms with van der Waals surface area (Å²) in [4.78, 5) is 18.6. The molecule has 1 fully saturated rings. The predicted molar refractivity (Wildman–Crippen MR) is 130 cm³/mol. The summed E-state index contributed by atoms with van der Waals surface area (Å²) in [7, 11) is 1.38. The molecular weight excluding hydrogens is 436 g/mol. The molecule has 0 unspecified atom stereocenters. The molecule has 2 atom stereocenters. The van der Waals surface area contributed by atoms with Gasteiger partial charge in [-0.2, -0.15) is 0 Å². The molecule has 33 heavy (non-hydrogen) atoms. The lowest BCUT2D eigenvalue weighted by Gasteiger charge is -2.28. The smallest absolute Gasteiger partial charge is 0.337 e. The van der Waals surface area contributed by atoms with E-state index in [-0.39, 0.29) is 24.7 Å². The summed E-state index contributed by atoms with van der Waals surface area (Å²) in [6, 6.07) is 15.3. The SMILES string of the molecule is COC(=O)c1ccc(-n2c(C)cc([C@H]3[C@H](c4ccccn4)NC(=S)N3CCCO)c2C)cc1. The van der Waals surface area contributed by atoms with Crippen LogP contribution in [0.2, 0.25) is 0 Å². The van der Waals surface area contributed by atoms with Crippen molar-refractivity contribution in [1.82, 2.24) is 19.8 Å². The number of methoxy groups -OCH3 is 1. The third-order valence-electron chi connectivity index (χ3n) is 6.09. The number of esters is 1. The van der Waals surface area contributed by atoms with Gasteiger partial charge in [-0.25, -0.2) is 4.79 Å². The van der Waals surface area contributed by atoms with Crippen LogP contribution in [0.15, 0.2) is 54.7 Å². The van der Waals surface area contributed by atoms with E-state index in [0.717, 1.165) is 28.3 Å². The summed E-state index contributed by atoms with van der Waals surface area (Å²) < 4.78 is 6.99. The number of hydrogen-bond acceptors (Lipinski definition) is 5. The molecule has 0 aliphatic carbocycles. The monoisotopic (exact) mass is 464 g/mol. The molecule has 0 bridgehead atoms. The number of benzene rings is 1. The Labute approximate surface area is 199 Å². The topological polar surface area (TPSA) is 79.6 Å². The molecule has 1 aliphatic rings. The molecule has 2 aromatic heterocycles. The zero-order valence-corrected chi connectivity index (χ0v) is 19.8. The molecule has 3 aromatic rings. The number of nitrogens with one attached hydrogen (secondary N) is 1. The number of ether oxygens (including phenoxy) is 1. The number of carbonyl (C=O) groups is 1. The van der Waals surface area contributed by atoms with Crippen LogP contribution in [0.3, 0.4) is 0 Å². The number of aliphatic hydroxyl groups is 1.